The highest BCUT2D eigenvalue weighted by Crippen LogP contribution is 2.47. The molecule has 0 radical (unpaired) electrons. The van der Waals surface area contributed by atoms with Gasteiger partial charge in [-0.05, 0) is 51.9 Å². The zero-order valence-corrected chi connectivity index (χ0v) is 26.0. The predicted octanol–water partition coefficient (Wildman–Crippen LogP) is 4.32. The van der Waals surface area contributed by atoms with Crippen molar-refractivity contribution in [1.29, 1.82) is 0 Å². The lowest BCUT2D eigenvalue weighted by Gasteiger charge is -2.42. The van der Waals surface area contributed by atoms with E-state index in [-0.39, 0.29) is 52.9 Å². The van der Waals surface area contributed by atoms with Crippen molar-refractivity contribution in [2.45, 2.75) is 64.0 Å². The molecule has 6 heterocycles. The van der Waals surface area contributed by atoms with Crippen LogP contribution in [-0.4, -0.2) is 90.6 Å². The number of anilines is 2. The number of hydrogen-bond donors (Lipinski definition) is 2. The van der Waals surface area contributed by atoms with Crippen molar-refractivity contribution in [3.8, 4) is 23.1 Å². The molecule has 46 heavy (non-hydrogen) atoms. The third-order valence-electron chi connectivity index (χ3n) is 10.2. The van der Waals surface area contributed by atoms with E-state index in [0.29, 0.717) is 32.1 Å². The normalized spacial score (nSPS) is 27.8. The summed E-state index contributed by atoms with van der Waals surface area (Å²) in [5.41, 5.74) is 1.01. The smallest absolute Gasteiger partial charge is 0.417 e. The van der Waals surface area contributed by atoms with Gasteiger partial charge < -0.3 is 35.1 Å². The number of ether oxygens (including phenoxy) is 3. The minimum absolute atomic E-state index is 0.0975. The fraction of sp³-hybridized carbons (Fsp3) is 0.581. The van der Waals surface area contributed by atoms with E-state index in [1.165, 1.54) is 0 Å². The van der Waals surface area contributed by atoms with Crippen LogP contribution < -0.4 is 25.4 Å². The van der Waals surface area contributed by atoms with Crippen molar-refractivity contribution in [3.05, 3.63) is 28.8 Å². The van der Waals surface area contributed by atoms with Gasteiger partial charge in [-0.3, -0.25) is 0 Å². The zero-order valence-electron chi connectivity index (χ0n) is 26.0. The zero-order chi connectivity index (χ0) is 32.7. The number of benzene rings is 1. The molecule has 3 aromatic rings. The number of aromatic nitrogens is 3. The Morgan fingerprint density at radius 2 is 1.98 bits per heavy atom. The topological polar surface area (TPSA) is 111 Å². The highest BCUT2D eigenvalue weighted by molar-refractivity contribution is 5.97. The van der Waals surface area contributed by atoms with E-state index >= 15 is 4.39 Å². The summed E-state index contributed by atoms with van der Waals surface area (Å²) in [6, 6.07) is 0.603. The Hall–Kier alpha value is -3.56. The molecular weight excluding hydrogens is 613 g/mol. The largest absolute Gasteiger partial charge is 0.472 e. The SMILES string of the molecule is CC[C@@H]1CN2c3nc(OC[C@]45CCN(C)C4COC5)nc4c(F)c(-c5cc(N)c(F)c(C)c5C(F)(F)F)nc(c34)O[C@@H](C)[C@@H]2CN1. The second-order valence-corrected chi connectivity index (χ2v) is 12.9. The van der Waals surface area contributed by atoms with Crippen LogP contribution in [0.15, 0.2) is 6.07 Å². The number of nitrogen functional groups attached to an aromatic ring is 1. The van der Waals surface area contributed by atoms with Crippen molar-refractivity contribution in [2.24, 2.45) is 5.41 Å². The molecule has 7 rings (SSSR count). The molecule has 4 aliphatic rings. The number of hydrogen-bond acceptors (Lipinski definition) is 10. The molecule has 3 fully saturated rings. The number of nitrogens with zero attached hydrogens (tertiary/aromatic N) is 5. The lowest BCUT2D eigenvalue weighted by molar-refractivity contribution is -0.137. The number of nitrogens with two attached hydrogens (primary N) is 1. The number of likely N-dealkylation sites (N-methyl/N-ethyl adjacent to an activating group) is 1. The number of fused-ring (bicyclic) bond motifs is 3. The summed E-state index contributed by atoms with van der Waals surface area (Å²) in [6.45, 7) is 7.98. The van der Waals surface area contributed by atoms with E-state index in [1.54, 1.807) is 0 Å². The molecule has 0 amide bonds. The fourth-order valence-electron chi connectivity index (χ4n) is 7.49. The van der Waals surface area contributed by atoms with Gasteiger partial charge in [-0.1, -0.05) is 6.92 Å². The van der Waals surface area contributed by atoms with Gasteiger partial charge in [-0.2, -0.15) is 23.1 Å². The van der Waals surface area contributed by atoms with E-state index in [9.17, 15) is 17.6 Å². The van der Waals surface area contributed by atoms with Gasteiger partial charge in [0.05, 0.1) is 30.5 Å². The van der Waals surface area contributed by atoms with Crippen molar-refractivity contribution in [1.82, 2.24) is 25.2 Å². The molecule has 15 heteroatoms. The number of piperazine rings is 1. The van der Waals surface area contributed by atoms with Gasteiger partial charge in [0.2, 0.25) is 5.88 Å². The van der Waals surface area contributed by atoms with E-state index in [4.69, 9.17) is 24.9 Å². The Bertz CT molecular complexity index is 1710. The van der Waals surface area contributed by atoms with Crippen LogP contribution in [-0.2, 0) is 10.9 Å². The quantitative estimate of drug-likeness (QED) is 0.307. The second-order valence-electron chi connectivity index (χ2n) is 12.9. The first kappa shape index (κ1) is 31.1. The number of alkyl halides is 3. The maximum Gasteiger partial charge on any atom is 0.417 e. The van der Waals surface area contributed by atoms with Gasteiger partial charge in [0.1, 0.15) is 40.9 Å². The van der Waals surface area contributed by atoms with Gasteiger partial charge in [0.15, 0.2) is 5.82 Å². The van der Waals surface area contributed by atoms with Crippen LogP contribution in [0.25, 0.3) is 22.2 Å². The van der Waals surface area contributed by atoms with Gasteiger partial charge in [-0.15, -0.1) is 0 Å². The Morgan fingerprint density at radius 1 is 1.20 bits per heavy atom. The average molecular weight is 650 g/mol. The number of halogens is 5. The third kappa shape index (κ3) is 4.80. The van der Waals surface area contributed by atoms with Crippen LogP contribution >= 0.6 is 0 Å². The number of pyridine rings is 1. The molecule has 1 unspecified atom stereocenters. The van der Waals surface area contributed by atoms with Crippen LogP contribution in [0.1, 0.15) is 37.8 Å². The molecule has 0 saturated carbocycles. The van der Waals surface area contributed by atoms with Crippen molar-refractivity contribution >= 4 is 22.4 Å². The molecule has 248 valence electrons. The number of rotatable bonds is 5. The first-order valence-electron chi connectivity index (χ1n) is 15.5. The Labute approximate surface area is 262 Å². The third-order valence-corrected chi connectivity index (χ3v) is 10.2. The maximum atomic E-state index is 16.8. The summed E-state index contributed by atoms with van der Waals surface area (Å²) in [7, 11) is 2.03. The lowest BCUT2D eigenvalue weighted by Crippen LogP contribution is -2.60. The van der Waals surface area contributed by atoms with Gasteiger partial charge >= 0.3 is 12.2 Å². The predicted molar refractivity (Wildman–Crippen MR) is 160 cm³/mol. The van der Waals surface area contributed by atoms with Crippen LogP contribution in [0.4, 0.5) is 33.5 Å². The molecule has 0 bridgehead atoms. The van der Waals surface area contributed by atoms with E-state index in [0.717, 1.165) is 32.4 Å². The maximum absolute atomic E-state index is 16.8. The van der Waals surface area contributed by atoms with Crippen molar-refractivity contribution in [3.63, 3.8) is 0 Å². The highest BCUT2D eigenvalue weighted by atomic mass is 19.4. The molecule has 5 atom stereocenters. The summed E-state index contributed by atoms with van der Waals surface area (Å²) in [5.74, 6) is -2.19. The van der Waals surface area contributed by atoms with Gasteiger partial charge in [0.25, 0.3) is 0 Å². The van der Waals surface area contributed by atoms with Gasteiger partial charge in [-0.25, -0.2) is 13.8 Å². The van der Waals surface area contributed by atoms with Crippen LogP contribution in [0.5, 0.6) is 11.9 Å². The van der Waals surface area contributed by atoms with Crippen LogP contribution in [0, 0.1) is 24.0 Å². The molecular formula is C31H36F5N7O3. The monoisotopic (exact) mass is 649 g/mol. The second kappa shape index (κ2) is 11.0. The molecule has 10 nitrogen and oxygen atoms in total. The molecule has 4 aliphatic heterocycles. The van der Waals surface area contributed by atoms with Gasteiger partial charge in [0, 0.05) is 36.2 Å². The average Bonchev–Trinajstić information content (AvgIpc) is 3.55. The fourth-order valence-corrected chi connectivity index (χ4v) is 7.49. The summed E-state index contributed by atoms with van der Waals surface area (Å²) in [4.78, 5) is 17.8. The van der Waals surface area contributed by atoms with Crippen LogP contribution in [0.2, 0.25) is 0 Å². The number of likely N-dealkylation sites (tertiary alicyclic amines) is 1. The molecule has 1 aromatic carbocycles. The number of nitrogens with one attached hydrogen (secondary N) is 1. The molecule has 2 aromatic heterocycles. The summed E-state index contributed by atoms with van der Waals surface area (Å²) < 4.78 is 92.9. The summed E-state index contributed by atoms with van der Waals surface area (Å²) in [6.07, 6.45) is -3.92. The summed E-state index contributed by atoms with van der Waals surface area (Å²) >= 11 is 0. The Balaban J connectivity index is 1.44. The van der Waals surface area contributed by atoms with E-state index in [2.05, 4.69) is 20.2 Å². The molecule has 3 saturated heterocycles. The van der Waals surface area contributed by atoms with E-state index in [1.807, 2.05) is 25.8 Å². The van der Waals surface area contributed by atoms with Crippen molar-refractivity contribution < 1.29 is 36.2 Å². The minimum atomic E-state index is -5.04. The highest BCUT2D eigenvalue weighted by Gasteiger charge is 2.51. The first-order chi connectivity index (χ1) is 21.8. The lowest BCUT2D eigenvalue weighted by atomic mass is 9.84. The Kier molecular flexibility index (Phi) is 7.44. The molecule has 0 aliphatic carbocycles. The minimum Gasteiger partial charge on any atom is -0.472 e. The molecule has 3 N–H and O–H groups in total. The Morgan fingerprint density at radius 3 is 2.72 bits per heavy atom. The van der Waals surface area contributed by atoms with Crippen LogP contribution in [0.3, 0.4) is 0 Å². The van der Waals surface area contributed by atoms with Crippen molar-refractivity contribution in [2.75, 3.05) is 57.1 Å². The first-order valence-corrected chi connectivity index (χ1v) is 15.5. The molecule has 0 spiro atoms. The standard InChI is InChI=1S/C31H36F5N7O3/c1-5-16-10-43-19(9-38-16)15(3)46-28-21-26(24(33)25(39-28)17-8-18(37)23(32)14(2)22(17)31(34,35)36)40-29(41-27(21)43)45-13-30-6-7-42(4)20(30)11-44-12-30/h8,15-16,19-20,38H,5-7,9-13,37H2,1-4H3/t15-,16+,19-,20?,30+/m0/s1. The summed E-state index contributed by atoms with van der Waals surface area (Å²) in [5, 5.41) is 3.62. The van der Waals surface area contributed by atoms with E-state index < -0.39 is 52.0 Å².